The first-order chi connectivity index (χ1) is 6.97. The van der Waals surface area contributed by atoms with Crippen molar-refractivity contribution in [3.8, 4) is 0 Å². The fourth-order valence-electron chi connectivity index (χ4n) is 0.980. The Labute approximate surface area is 99.3 Å². The second-order valence-electron chi connectivity index (χ2n) is 2.87. The van der Waals surface area contributed by atoms with E-state index in [0.29, 0.717) is 0 Å². The highest BCUT2D eigenvalue weighted by Gasteiger charge is 2.13. The van der Waals surface area contributed by atoms with Gasteiger partial charge in [0.2, 0.25) is 0 Å². The molecule has 6 heteroatoms. The minimum atomic E-state index is -0.733. The molecule has 0 aliphatic heterocycles. The summed E-state index contributed by atoms with van der Waals surface area (Å²) in [6.07, 6.45) is 0. The molecule has 0 aliphatic carbocycles. The van der Waals surface area contributed by atoms with Gasteiger partial charge in [-0.25, -0.2) is 13.8 Å². The number of alkyl halides is 1. The highest BCUT2D eigenvalue weighted by atomic mass is 79.9. The van der Waals surface area contributed by atoms with Gasteiger partial charge in [-0.05, 0) is 28.9 Å². The third-order valence-corrected chi connectivity index (χ3v) is 2.61. The quantitative estimate of drug-likeness (QED) is 0.387. The van der Waals surface area contributed by atoms with Crippen molar-refractivity contribution in [1.29, 1.82) is 0 Å². The molecule has 82 valence electrons. The van der Waals surface area contributed by atoms with Crippen LogP contribution >= 0.6 is 27.5 Å². The number of nitrogens with zero attached hydrogens (tertiary/aromatic N) is 1. The van der Waals surface area contributed by atoms with Gasteiger partial charge in [0.15, 0.2) is 5.82 Å². The predicted molar refractivity (Wildman–Crippen MR) is 60.8 cm³/mol. The standard InChI is InChI=1S/C9H8BrClF2N2/c1-4-8(12)5(10)2-6(9(4)13)15-7(14)3-11/h2H,3H2,1H3,(H2,14,15). The summed E-state index contributed by atoms with van der Waals surface area (Å²) >= 11 is 8.36. The summed E-state index contributed by atoms with van der Waals surface area (Å²) in [4.78, 5) is 3.73. The van der Waals surface area contributed by atoms with Gasteiger partial charge in [0.25, 0.3) is 0 Å². The van der Waals surface area contributed by atoms with E-state index in [0.717, 1.165) is 0 Å². The molecule has 0 spiro atoms. The Morgan fingerprint density at radius 1 is 1.53 bits per heavy atom. The van der Waals surface area contributed by atoms with E-state index in [2.05, 4.69) is 20.9 Å². The molecule has 2 nitrogen and oxygen atoms in total. The molecule has 0 saturated carbocycles. The van der Waals surface area contributed by atoms with E-state index in [1.54, 1.807) is 0 Å². The summed E-state index contributed by atoms with van der Waals surface area (Å²) in [5.41, 5.74) is 5.22. The predicted octanol–water partition coefficient (Wildman–Crippen LogP) is 3.26. The van der Waals surface area contributed by atoms with E-state index < -0.39 is 11.6 Å². The first-order valence-electron chi connectivity index (χ1n) is 4.00. The Morgan fingerprint density at radius 2 is 2.13 bits per heavy atom. The number of nitrogens with two attached hydrogens (primary N) is 1. The lowest BCUT2D eigenvalue weighted by atomic mass is 10.2. The van der Waals surface area contributed by atoms with Gasteiger partial charge in [-0.3, -0.25) is 0 Å². The molecule has 0 atom stereocenters. The van der Waals surface area contributed by atoms with Crippen LogP contribution in [0.3, 0.4) is 0 Å². The monoisotopic (exact) mass is 296 g/mol. The smallest absolute Gasteiger partial charge is 0.154 e. The van der Waals surface area contributed by atoms with Crippen LogP contribution in [0, 0.1) is 18.6 Å². The average molecular weight is 298 g/mol. The van der Waals surface area contributed by atoms with Crippen molar-refractivity contribution >= 4 is 39.1 Å². The number of aliphatic imine (C=N–C) groups is 1. The number of hydrogen-bond acceptors (Lipinski definition) is 1. The van der Waals surface area contributed by atoms with Crippen LogP contribution in [0.1, 0.15) is 5.56 Å². The SMILES string of the molecule is Cc1c(F)c(Br)cc(N=C(N)CCl)c1F. The lowest BCUT2D eigenvalue weighted by Crippen LogP contribution is -2.12. The molecule has 1 aromatic rings. The molecule has 1 rings (SSSR count). The minimum absolute atomic E-state index is 0.00647. The van der Waals surface area contributed by atoms with Crippen LogP contribution in [0.2, 0.25) is 0 Å². The number of amidine groups is 1. The van der Waals surface area contributed by atoms with Crippen LogP contribution in [0.5, 0.6) is 0 Å². The van der Waals surface area contributed by atoms with Crippen molar-refractivity contribution in [2.75, 3.05) is 5.88 Å². The van der Waals surface area contributed by atoms with E-state index in [1.807, 2.05) is 0 Å². The summed E-state index contributed by atoms with van der Waals surface area (Å²) in [5, 5.41) is 0. The van der Waals surface area contributed by atoms with Crippen molar-refractivity contribution in [2.24, 2.45) is 10.7 Å². The van der Waals surface area contributed by atoms with Crippen molar-refractivity contribution in [3.63, 3.8) is 0 Å². The van der Waals surface area contributed by atoms with Crippen LogP contribution < -0.4 is 5.73 Å². The zero-order chi connectivity index (χ0) is 11.6. The van der Waals surface area contributed by atoms with Gasteiger partial charge in [-0.15, -0.1) is 11.6 Å². The largest absolute Gasteiger partial charge is 0.386 e. The van der Waals surface area contributed by atoms with Gasteiger partial charge in [0, 0.05) is 5.56 Å². The maximum atomic E-state index is 13.5. The Kier molecular flexibility index (Phi) is 4.04. The number of benzene rings is 1. The van der Waals surface area contributed by atoms with E-state index in [4.69, 9.17) is 17.3 Å². The molecule has 0 heterocycles. The summed E-state index contributed by atoms with van der Waals surface area (Å²) in [7, 11) is 0. The lowest BCUT2D eigenvalue weighted by molar-refractivity contribution is 0.565. The van der Waals surface area contributed by atoms with Crippen LogP contribution in [-0.4, -0.2) is 11.7 Å². The zero-order valence-corrected chi connectivity index (χ0v) is 10.2. The molecule has 0 radical (unpaired) electrons. The molecule has 0 aliphatic rings. The molecule has 0 saturated heterocycles. The summed E-state index contributed by atoms with van der Waals surface area (Å²) in [6, 6.07) is 1.22. The fraction of sp³-hybridized carbons (Fsp3) is 0.222. The van der Waals surface area contributed by atoms with Crippen molar-refractivity contribution in [1.82, 2.24) is 0 Å². The minimum Gasteiger partial charge on any atom is -0.386 e. The zero-order valence-electron chi connectivity index (χ0n) is 7.82. The maximum absolute atomic E-state index is 13.5. The van der Waals surface area contributed by atoms with Crippen LogP contribution in [0.15, 0.2) is 15.5 Å². The highest BCUT2D eigenvalue weighted by Crippen LogP contribution is 2.29. The molecule has 15 heavy (non-hydrogen) atoms. The van der Waals surface area contributed by atoms with Gasteiger partial charge in [-0.1, -0.05) is 0 Å². The summed E-state index contributed by atoms with van der Waals surface area (Å²) in [6.45, 7) is 1.32. The van der Waals surface area contributed by atoms with Gasteiger partial charge in [0.05, 0.1) is 10.4 Å². The van der Waals surface area contributed by atoms with Crippen LogP contribution in [-0.2, 0) is 0 Å². The lowest BCUT2D eigenvalue weighted by Gasteiger charge is -2.05. The van der Waals surface area contributed by atoms with Crippen LogP contribution in [0.25, 0.3) is 0 Å². The molecule has 0 amide bonds. The van der Waals surface area contributed by atoms with Gasteiger partial charge < -0.3 is 5.73 Å². The number of rotatable bonds is 2. The Morgan fingerprint density at radius 3 is 2.67 bits per heavy atom. The molecule has 1 aromatic carbocycles. The van der Waals surface area contributed by atoms with Crippen molar-refractivity contribution < 1.29 is 8.78 Å². The molecule has 0 unspecified atom stereocenters. The molecule has 0 fully saturated rings. The fourth-order valence-corrected chi connectivity index (χ4v) is 1.55. The molecule has 2 N–H and O–H groups in total. The first-order valence-corrected chi connectivity index (χ1v) is 5.33. The Hall–Kier alpha value is -0.680. The Bertz CT molecular complexity index is 421. The van der Waals surface area contributed by atoms with Gasteiger partial charge in [-0.2, -0.15) is 0 Å². The van der Waals surface area contributed by atoms with Crippen molar-refractivity contribution in [2.45, 2.75) is 6.92 Å². The van der Waals surface area contributed by atoms with Crippen molar-refractivity contribution in [3.05, 3.63) is 27.7 Å². The van der Waals surface area contributed by atoms with E-state index in [9.17, 15) is 8.78 Å². The second-order valence-corrected chi connectivity index (χ2v) is 3.99. The molecule has 0 bridgehead atoms. The first kappa shape index (κ1) is 12.4. The van der Waals surface area contributed by atoms with Gasteiger partial charge in [0.1, 0.15) is 17.3 Å². The Balaban J connectivity index is 3.33. The maximum Gasteiger partial charge on any atom is 0.154 e. The topological polar surface area (TPSA) is 38.4 Å². The van der Waals surface area contributed by atoms with Gasteiger partial charge >= 0.3 is 0 Å². The van der Waals surface area contributed by atoms with E-state index >= 15 is 0 Å². The second kappa shape index (κ2) is 4.90. The van der Waals surface area contributed by atoms with E-state index in [1.165, 1.54) is 13.0 Å². The molecular weight excluding hydrogens is 289 g/mol. The summed E-state index contributed by atoms with van der Waals surface area (Å²) in [5.74, 6) is -1.30. The normalized spacial score (nSPS) is 11.9. The molecular formula is C9H8BrClF2N2. The highest BCUT2D eigenvalue weighted by molar-refractivity contribution is 9.10. The third kappa shape index (κ3) is 2.66. The van der Waals surface area contributed by atoms with Crippen LogP contribution in [0.4, 0.5) is 14.5 Å². The summed E-state index contributed by atoms with van der Waals surface area (Å²) < 4.78 is 26.8. The van der Waals surface area contributed by atoms with E-state index in [-0.39, 0.29) is 27.4 Å². The number of hydrogen-bond donors (Lipinski definition) is 1. The average Bonchev–Trinajstić information content (AvgIpc) is 2.22. The number of halogens is 4. The molecule has 0 aromatic heterocycles. The third-order valence-electron chi connectivity index (χ3n) is 1.76.